The molecular formula is C27H48OSi. The van der Waals surface area contributed by atoms with Crippen LogP contribution in [0.4, 0.5) is 0 Å². The Hall–Kier alpha value is -0.0831. The zero-order chi connectivity index (χ0) is 20.8. The highest BCUT2D eigenvalue weighted by molar-refractivity contribution is 6.48. The number of rotatable bonds is 6. The third kappa shape index (κ3) is 3.53. The predicted molar refractivity (Wildman–Crippen MR) is 128 cm³/mol. The molecule has 2 unspecified atom stereocenters. The zero-order valence-electron chi connectivity index (χ0n) is 20.3. The van der Waals surface area contributed by atoms with E-state index in [1.54, 1.807) is 0 Å². The van der Waals surface area contributed by atoms with Crippen LogP contribution in [-0.4, -0.2) is 15.1 Å². The Morgan fingerprint density at radius 1 is 1.07 bits per heavy atom. The molecule has 0 radical (unpaired) electrons. The van der Waals surface area contributed by atoms with Crippen molar-refractivity contribution in [2.45, 2.75) is 118 Å². The highest BCUT2D eigenvalue weighted by atomic mass is 28.3. The molecule has 166 valence electrons. The van der Waals surface area contributed by atoms with E-state index < -0.39 is 9.04 Å². The monoisotopic (exact) mass is 416 g/mol. The summed E-state index contributed by atoms with van der Waals surface area (Å²) >= 11 is 0. The number of hydrogen-bond acceptors (Lipinski definition) is 1. The molecule has 0 aromatic heterocycles. The van der Waals surface area contributed by atoms with E-state index in [2.05, 4.69) is 46.9 Å². The van der Waals surface area contributed by atoms with E-state index in [0.717, 1.165) is 29.6 Å². The van der Waals surface area contributed by atoms with Crippen molar-refractivity contribution in [2.75, 3.05) is 0 Å². The molecule has 4 aliphatic rings. The van der Waals surface area contributed by atoms with Crippen molar-refractivity contribution in [1.82, 2.24) is 0 Å². The normalized spacial score (nSPS) is 46.8. The summed E-state index contributed by atoms with van der Waals surface area (Å²) in [5, 5.41) is 0. The lowest BCUT2D eigenvalue weighted by molar-refractivity contribution is -0.0991. The maximum absolute atomic E-state index is 6.81. The third-order valence-electron chi connectivity index (χ3n) is 10.3. The summed E-state index contributed by atoms with van der Waals surface area (Å²) < 4.78 is 6.81. The Bertz CT molecular complexity index is 612. The molecule has 2 heteroatoms. The summed E-state index contributed by atoms with van der Waals surface area (Å²) in [4.78, 5) is 0. The molecule has 0 saturated heterocycles. The zero-order valence-corrected chi connectivity index (χ0v) is 21.5. The quantitative estimate of drug-likeness (QED) is 0.317. The number of unbranched alkanes of at least 4 members (excludes halogenated alkanes) is 1. The summed E-state index contributed by atoms with van der Waals surface area (Å²) in [6.45, 7) is 14.9. The second-order valence-corrected chi connectivity index (χ2v) is 14.2. The minimum Gasteiger partial charge on any atom is -0.417 e. The Kier molecular flexibility index (Phi) is 6.45. The lowest BCUT2D eigenvalue weighted by Gasteiger charge is -2.62. The van der Waals surface area contributed by atoms with Gasteiger partial charge in [-0.2, -0.15) is 0 Å². The molecule has 0 bridgehead atoms. The van der Waals surface area contributed by atoms with Gasteiger partial charge in [-0.25, -0.2) is 0 Å². The maximum Gasteiger partial charge on any atom is 0.171 e. The highest BCUT2D eigenvalue weighted by Gasteiger charge is 2.61. The molecule has 4 rings (SSSR count). The van der Waals surface area contributed by atoms with Crippen LogP contribution in [0.15, 0.2) is 11.6 Å². The summed E-state index contributed by atoms with van der Waals surface area (Å²) in [5.74, 6) is 4.57. The fourth-order valence-electron chi connectivity index (χ4n) is 8.89. The Morgan fingerprint density at radius 2 is 1.86 bits per heavy atom. The van der Waals surface area contributed by atoms with Gasteiger partial charge in [-0.1, -0.05) is 58.6 Å². The Balaban J connectivity index is 1.74. The van der Waals surface area contributed by atoms with Crippen LogP contribution in [0.1, 0.15) is 98.3 Å². The number of fused-ring (bicyclic) bond motifs is 5. The van der Waals surface area contributed by atoms with Crippen molar-refractivity contribution < 1.29 is 4.43 Å². The first-order chi connectivity index (χ1) is 13.9. The molecule has 0 aromatic carbocycles. The van der Waals surface area contributed by atoms with Crippen molar-refractivity contribution >= 4 is 9.04 Å². The SMILES string of the molecule is CCCCC1C=C2CCCC(O[SiH](C)C)[C@]2(C)[C@H]2CC[C@]3(C)[C@@H](CC)CC[C@H]3[C@H]12. The van der Waals surface area contributed by atoms with Gasteiger partial charge in [0.1, 0.15) is 0 Å². The van der Waals surface area contributed by atoms with Crippen LogP contribution >= 0.6 is 0 Å². The lowest BCUT2D eigenvalue weighted by Crippen LogP contribution is -2.57. The first kappa shape index (κ1) is 22.1. The van der Waals surface area contributed by atoms with Crippen LogP contribution in [-0.2, 0) is 4.43 Å². The molecule has 0 aromatic rings. The van der Waals surface area contributed by atoms with E-state index in [0.29, 0.717) is 16.9 Å². The molecule has 0 heterocycles. The fraction of sp³-hybridized carbons (Fsp3) is 0.926. The van der Waals surface area contributed by atoms with Gasteiger partial charge in [0.2, 0.25) is 0 Å². The van der Waals surface area contributed by atoms with Crippen LogP contribution in [0.5, 0.6) is 0 Å². The van der Waals surface area contributed by atoms with Crippen molar-refractivity contribution in [3.8, 4) is 0 Å². The van der Waals surface area contributed by atoms with E-state index in [9.17, 15) is 0 Å². The predicted octanol–water partition coefficient (Wildman–Crippen LogP) is 7.76. The van der Waals surface area contributed by atoms with Crippen LogP contribution in [0, 0.1) is 40.4 Å². The maximum atomic E-state index is 6.81. The number of hydrogen-bond donors (Lipinski definition) is 0. The third-order valence-corrected chi connectivity index (χ3v) is 11.2. The summed E-state index contributed by atoms with van der Waals surface area (Å²) in [7, 11) is -1.02. The van der Waals surface area contributed by atoms with Crippen molar-refractivity contribution in [2.24, 2.45) is 40.4 Å². The van der Waals surface area contributed by atoms with Gasteiger partial charge in [0.15, 0.2) is 9.04 Å². The first-order valence-corrected chi connectivity index (χ1v) is 16.0. The highest BCUT2D eigenvalue weighted by Crippen LogP contribution is 2.68. The molecule has 3 saturated carbocycles. The minimum absolute atomic E-state index is 0.328. The van der Waals surface area contributed by atoms with Gasteiger partial charge in [-0.3, -0.25) is 0 Å². The average molecular weight is 417 g/mol. The van der Waals surface area contributed by atoms with Gasteiger partial charge in [0.25, 0.3) is 0 Å². The first-order valence-electron chi connectivity index (χ1n) is 13.2. The molecule has 0 spiro atoms. The minimum atomic E-state index is -1.02. The fourth-order valence-corrected chi connectivity index (χ4v) is 9.96. The van der Waals surface area contributed by atoms with E-state index in [1.807, 2.05) is 5.57 Å². The lowest BCUT2D eigenvalue weighted by atomic mass is 9.44. The van der Waals surface area contributed by atoms with Gasteiger partial charge in [-0.05, 0) is 99.5 Å². The topological polar surface area (TPSA) is 9.23 Å². The Morgan fingerprint density at radius 3 is 2.55 bits per heavy atom. The molecule has 0 N–H and O–H groups in total. The standard InChI is InChI=1S/C27H48OSi/c1-7-9-11-19-18-21-12-10-13-24(28-29(5)6)27(21,4)23-16-17-26(3)20(8-2)14-15-22(26)25(19)23/h18-20,22-25,29H,7-17H2,1-6H3/t19?,20-,22-,23-,24?,25-,26+,27-/m0/s1. The molecule has 0 aliphatic heterocycles. The van der Waals surface area contributed by atoms with Crippen molar-refractivity contribution in [3.05, 3.63) is 11.6 Å². The average Bonchev–Trinajstić information content (AvgIpc) is 3.03. The summed E-state index contributed by atoms with van der Waals surface area (Å²) in [6, 6.07) is 0. The smallest absolute Gasteiger partial charge is 0.171 e. The molecule has 4 aliphatic carbocycles. The van der Waals surface area contributed by atoms with Gasteiger partial charge < -0.3 is 4.43 Å². The van der Waals surface area contributed by atoms with E-state index in [4.69, 9.17) is 4.43 Å². The van der Waals surface area contributed by atoms with Crippen LogP contribution in [0.3, 0.4) is 0 Å². The second-order valence-electron chi connectivity index (χ2n) is 11.9. The van der Waals surface area contributed by atoms with Crippen molar-refractivity contribution in [1.29, 1.82) is 0 Å². The van der Waals surface area contributed by atoms with Gasteiger partial charge >= 0.3 is 0 Å². The van der Waals surface area contributed by atoms with E-state index in [1.165, 1.54) is 70.6 Å². The molecule has 29 heavy (non-hydrogen) atoms. The Labute approximate surface area is 183 Å². The summed E-state index contributed by atoms with van der Waals surface area (Å²) in [5.41, 5.74) is 2.76. The largest absolute Gasteiger partial charge is 0.417 e. The molecule has 3 fully saturated rings. The van der Waals surface area contributed by atoms with Gasteiger partial charge in [0.05, 0.1) is 6.10 Å². The van der Waals surface area contributed by atoms with Crippen LogP contribution in [0.25, 0.3) is 0 Å². The van der Waals surface area contributed by atoms with Gasteiger partial charge in [0, 0.05) is 5.41 Å². The van der Waals surface area contributed by atoms with E-state index in [-0.39, 0.29) is 0 Å². The van der Waals surface area contributed by atoms with Crippen molar-refractivity contribution in [3.63, 3.8) is 0 Å². The molecular weight excluding hydrogens is 368 g/mol. The number of allylic oxidation sites excluding steroid dienone is 1. The molecule has 8 atom stereocenters. The van der Waals surface area contributed by atoms with E-state index >= 15 is 0 Å². The summed E-state index contributed by atoms with van der Waals surface area (Å²) in [6.07, 6.45) is 18.9. The molecule has 0 amide bonds. The van der Waals surface area contributed by atoms with Crippen LogP contribution < -0.4 is 0 Å². The van der Waals surface area contributed by atoms with Gasteiger partial charge in [-0.15, -0.1) is 0 Å². The second kappa shape index (κ2) is 8.45. The van der Waals surface area contributed by atoms with Crippen LogP contribution in [0.2, 0.25) is 13.1 Å². The molecule has 1 nitrogen and oxygen atoms in total.